The standard InChI is InChI=1S/C30H34N2O6/c1-17-21-8-6-5-7-19(21)16-22(17)25(33)31-20-11-9-18(10-12-20)15-24(27(35)36)32-26(34)23-13-14-30(4,28(37)38)29(23,2)3/h5-12,16-17,23-24H,13-15H2,1-4H3,(H,31,33)(H,32,34)(H,35,36)(H,37,38)/t17?,23?,24-,30?/m0/s1. The van der Waals surface area contributed by atoms with Gasteiger partial charge in [0.25, 0.3) is 5.91 Å². The Hall–Kier alpha value is -3.94. The van der Waals surface area contributed by atoms with Crippen LogP contribution in [0.3, 0.4) is 0 Å². The summed E-state index contributed by atoms with van der Waals surface area (Å²) in [5.41, 5.74) is 2.19. The Labute approximate surface area is 222 Å². The first kappa shape index (κ1) is 27.1. The van der Waals surface area contributed by atoms with E-state index in [1.807, 2.05) is 37.3 Å². The molecule has 0 saturated heterocycles. The lowest BCUT2D eigenvalue weighted by Gasteiger charge is -2.38. The molecule has 8 heteroatoms. The molecule has 4 atom stereocenters. The molecule has 2 aromatic rings. The topological polar surface area (TPSA) is 133 Å². The summed E-state index contributed by atoms with van der Waals surface area (Å²) < 4.78 is 0. The highest BCUT2D eigenvalue weighted by Gasteiger charge is 2.58. The van der Waals surface area contributed by atoms with Gasteiger partial charge in [-0.1, -0.05) is 57.2 Å². The van der Waals surface area contributed by atoms with Crippen LogP contribution in [0.4, 0.5) is 5.69 Å². The van der Waals surface area contributed by atoms with Gasteiger partial charge in [0.15, 0.2) is 0 Å². The number of rotatable bonds is 8. The molecule has 2 aromatic carbocycles. The summed E-state index contributed by atoms with van der Waals surface area (Å²) in [6.45, 7) is 7.14. The molecule has 2 aliphatic carbocycles. The first-order valence-electron chi connectivity index (χ1n) is 12.8. The van der Waals surface area contributed by atoms with Gasteiger partial charge in [0.1, 0.15) is 6.04 Å². The zero-order chi connectivity index (χ0) is 27.8. The van der Waals surface area contributed by atoms with E-state index in [4.69, 9.17) is 0 Å². The molecular formula is C30H34N2O6. The van der Waals surface area contributed by atoms with E-state index in [2.05, 4.69) is 10.6 Å². The van der Waals surface area contributed by atoms with Crippen LogP contribution >= 0.6 is 0 Å². The highest BCUT2D eigenvalue weighted by molar-refractivity contribution is 6.09. The molecular weight excluding hydrogens is 484 g/mol. The van der Waals surface area contributed by atoms with E-state index in [0.29, 0.717) is 29.7 Å². The molecule has 2 aliphatic rings. The third kappa shape index (κ3) is 4.83. The summed E-state index contributed by atoms with van der Waals surface area (Å²) >= 11 is 0. The number of benzene rings is 2. The number of aliphatic carboxylic acids is 2. The Bertz CT molecular complexity index is 1310. The van der Waals surface area contributed by atoms with Crippen molar-refractivity contribution < 1.29 is 29.4 Å². The predicted molar refractivity (Wildman–Crippen MR) is 143 cm³/mol. The van der Waals surface area contributed by atoms with E-state index in [1.165, 1.54) is 0 Å². The van der Waals surface area contributed by atoms with E-state index >= 15 is 0 Å². The van der Waals surface area contributed by atoms with Crippen LogP contribution in [0.5, 0.6) is 0 Å². The molecule has 8 nitrogen and oxygen atoms in total. The minimum Gasteiger partial charge on any atom is -0.481 e. The van der Waals surface area contributed by atoms with Crippen molar-refractivity contribution in [1.82, 2.24) is 5.32 Å². The number of carboxylic acid groups (broad SMARTS) is 2. The van der Waals surface area contributed by atoms with Crippen molar-refractivity contribution in [3.63, 3.8) is 0 Å². The van der Waals surface area contributed by atoms with Gasteiger partial charge in [-0.15, -0.1) is 0 Å². The van der Waals surface area contributed by atoms with Crippen LogP contribution in [0, 0.1) is 16.7 Å². The van der Waals surface area contributed by atoms with Crippen molar-refractivity contribution >= 4 is 35.5 Å². The molecule has 1 saturated carbocycles. The first-order valence-corrected chi connectivity index (χ1v) is 12.8. The number of amides is 2. The molecule has 3 unspecified atom stereocenters. The van der Waals surface area contributed by atoms with Crippen molar-refractivity contribution in [1.29, 1.82) is 0 Å². The second-order valence-corrected chi connectivity index (χ2v) is 11.2. The predicted octanol–water partition coefficient (Wildman–Crippen LogP) is 4.46. The smallest absolute Gasteiger partial charge is 0.326 e. The molecule has 2 amide bonds. The first-order chi connectivity index (χ1) is 17.8. The molecule has 4 rings (SSSR count). The van der Waals surface area contributed by atoms with Gasteiger partial charge in [-0.3, -0.25) is 14.4 Å². The highest BCUT2D eigenvalue weighted by Crippen LogP contribution is 2.56. The van der Waals surface area contributed by atoms with Crippen LogP contribution in [0.2, 0.25) is 0 Å². The monoisotopic (exact) mass is 518 g/mol. The Morgan fingerprint density at radius 2 is 1.66 bits per heavy atom. The van der Waals surface area contributed by atoms with Crippen LogP contribution in [0.1, 0.15) is 63.1 Å². The summed E-state index contributed by atoms with van der Waals surface area (Å²) in [5.74, 6) is -3.39. The number of carbonyl (C=O) groups excluding carboxylic acids is 2. The maximum atomic E-state index is 13.1. The van der Waals surface area contributed by atoms with Crippen molar-refractivity contribution in [3.05, 3.63) is 70.8 Å². The number of carbonyl (C=O) groups is 4. The van der Waals surface area contributed by atoms with Gasteiger partial charge in [0, 0.05) is 29.5 Å². The summed E-state index contributed by atoms with van der Waals surface area (Å²) in [6, 6.07) is 13.6. The molecule has 0 aliphatic heterocycles. The van der Waals surface area contributed by atoms with Crippen molar-refractivity contribution in [2.45, 2.75) is 58.9 Å². The normalized spacial score (nSPS) is 24.2. The van der Waals surface area contributed by atoms with Crippen molar-refractivity contribution in [2.75, 3.05) is 5.32 Å². The van der Waals surface area contributed by atoms with E-state index in [1.54, 1.807) is 45.0 Å². The molecule has 0 bridgehead atoms. The third-order valence-electron chi connectivity index (χ3n) is 8.78. The van der Waals surface area contributed by atoms with Gasteiger partial charge in [-0.05, 0) is 60.1 Å². The van der Waals surface area contributed by atoms with E-state index in [0.717, 1.165) is 11.1 Å². The van der Waals surface area contributed by atoms with Crippen LogP contribution in [0.25, 0.3) is 6.08 Å². The molecule has 0 aromatic heterocycles. The third-order valence-corrected chi connectivity index (χ3v) is 8.78. The summed E-state index contributed by atoms with van der Waals surface area (Å²) in [7, 11) is 0. The van der Waals surface area contributed by atoms with Crippen LogP contribution < -0.4 is 10.6 Å². The maximum absolute atomic E-state index is 13.1. The molecule has 38 heavy (non-hydrogen) atoms. The fraction of sp³-hybridized carbons (Fsp3) is 0.400. The second kappa shape index (κ2) is 10.1. The second-order valence-electron chi connectivity index (χ2n) is 11.2. The Balaban J connectivity index is 1.39. The molecule has 1 fully saturated rings. The largest absolute Gasteiger partial charge is 0.481 e. The number of anilines is 1. The van der Waals surface area contributed by atoms with E-state index in [9.17, 15) is 29.4 Å². The SMILES string of the molecule is CC1C(C(=O)Nc2ccc(C[C@H](NC(=O)C3CCC(C)(C(=O)O)C3(C)C)C(=O)O)cc2)=Cc2ccccc21. The molecule has 4 N–H and O–H groups in total. The van der Waals surface area contributed by atoms with Gasteiger partial charge < -0.3 is 20.8 Å². The molecule has 200 valence electrons. The van der Waals surface area contributed by atoms with Gasteiger partial charge >= 0.3 is 11.9 Å². The lowest BCUT2D eigenvalue weighted by Crippen LogP contribution is -2.49. The average molecular weight is 519 g/mol. The van der Waals surface area contributed by atoms with E-state index < -0.39 is 40.6 Å². The molecule has 0 heterocycles. The Morgan fingerprint density at radius 3 is 2.24 bits per heavy atom. The van der Waals surface area contributed by atoms with Crippen LogP contribution in [0.15, 0.2) is 54.1 Å². The zero-order valence-electron chi connectivity index (χ0n) is 22.1. The fourth-order valence-corrected chi connectivity index (χ4v) is 5.74. The lowest BCUT2D eigenvalue weighted by atomic mass is 9.65. The van der Waals surface area contributed by atoms with Gasteiger partial charge in [0.2, 0.25) is 5.91 Å². The fourth-order valence-electron chi connectivity index (χ4n) is 5.74. The summed E-state index contributed by atoms with van der Waals surface area (Å²) in [6.07, 6.45) is 2.67. The molecule has 0 spiro atoms. The van der Waals surface area contributed by atoms with E-state index in [-0.39, 0.29) is 18.2 Å². The number of fused-ring (bicyclic) bond motifs is 1. The number of nitrogens with one attached hydrogen (secondary N) is 2. The number of hydrogen-bond donors (Lipinski definition) is 4. The maximum Gasteiger partial charge on any atom is 0.326 e. The van der Waals surface area contributed by atoms with Crippen LogP contribution in [-0.2, 0) is 25.6 Å². The van der Waals surface area contributed by atoms with Gasteiger partial charge in [-0.2, -0.15) is 0 Å². The summed E-state index contributed by atoms with van der Waals surface area (Å²) in [4.78, 5) is 49.8. The van der Waals surface area contributed by atoms with Crippen molar-refractivity contribution in [3.8, 4) is 0 Å². The minimum absolute atomic E-state index is 0.0105. The zero-order valence-corrected chi connectivity index (χ0v) is 22.1. The quantitative estimate of drug-likeness (QED) is 0.408. The summed E-state index contributed by atoms with van der Waals surface area (Å²) in [5, 5.41) is 25.0. The highest BCUT2D eigenvalue weighted by atomic mass is 16.4. The number of hydrogen-bond acceptors (Lipinski definition) is 4. The average Bonchev–Trinajstić information content (AvgIpc) is 3.33. The van der Waals surface area contributed by atoms with Gasteiger partial charge in [0.05, 0.1) is 5.41 Å². The minimum atomic E-state index is -1.17. The Morgan fingerprint density at radius 1 is 1.00 bits per heavy atom. The molecule has 0 radical (unpaired) electrons. The lowest BCUT2D eigenvalue weighted by molar-refractivity contribution is -0.155. The van der Waals surface area contributed by atoms with Crippen LogP contribution in [-0.4, -0.2) is 40.0 Å². The van der Waals surface area contributed by atoms with Gasteiger partial charge in [-0.25, -0.2) is 4.79 Å². The number of carboxylic acids is 2. The van der Waals surface area contributed by atoms with Crippen molar-refractivity contribution in [2.24, 2.45) is 16.7 Å². The Kier molecular flexibility index (Phi) is 7.19.